The number of rotatable bonds is 17. The summed E-state index contributed by atoms with van der Waals surface area (Å²) in [7, 11) is 0. The van der Waals surface area contributed by atoms with Gasteiger partial charge in [0.1, 0.15) is 5.92 Å². The van der Waals surface area contributed by atoms with Gasteiger partial charge in [-0.3, -0.25) is 20.2 Å². The van der Waals surface area contributed by atoms with E-state index in [2.05, 4.69) is 17.6 Å². The van der Waals surface area contributed by atoms with Gasteiger partial charge < -0.3 is 0 Å². The highest BCUT2D eigenvalue weighted by Gasteiger charge is 2.33. The summed E-state index contributed by atoms with van der Waals surface area (Å²) in [6.45, 7) is 2.27. The summed E-state index contributed by atoms with van der Waals surface area (Å²) in [5.41, 5.74) is 0. The highest BCUT2D eigenvalue weighted by molar-refractivity contribution is 6.16. The summed E-state index contributed by atoms with van der Waals surface area (Å²) < 4.78 is 0. The standard InChI is InChI=1S/C22H40N2O3/c1-2-3-4-5-6-7-8-9-10-11-12-13-14-15-16-17-18-19-20(25)23-22(27)24-21(19)26/h19H,2-18H2,1H3,(H2,23,24,25,26,27). The lowest BCUT2D eigenvalue weighted by Gasteiger charge is -2.20. The maximum absolute atomic E-state index is 11.6. The number of imide groups is 2. The first-order valence-corrected chi connectivity index (χ1v) is 11.3. The van der Waals surface area contributed by atoms with Crippen LogP contribution in [0.1, 0.15) is 116 Å². The fourth-order valence-corrected chi connectivity index (χ4v) is 3.71. The molecule has 27 heavy (non-hydrogen) atoms. The van der Waals surface area contributed by atoms with Gasteiger partial charge in [0.2, 0.25) is 11.8 Å². The van der Waals surface area contributed by atoms with Gasteiger partial charge in [0.05, 0.1) is 0 Å². The van der Waals surface area contributed by atoms with E-state index in [1.165, 1.54) is 83.5 Å². The number of barbiturate groups is 1. The van der Waals surface area contributed by atoms with E-state index in [0.29, 0.717) is 6.42 Å². The Labute approximate surface area is 165 Å². The maximum Gasteiger partial charge on any atom is 0.328 e. The van der Waals surface area contributed by atoms with Crippen molar-refractivity contribution in [1.29, 1.82) is 0 Å². The van der Waals surface area contributed by atoms with Crippen LogP contribution in [-0.2, 0) is 9.59 Å². The van der Waals surface area contributed by atoms with Crippen LogP contribution >= 0.6 is 0 Å². The molecule has 4 amide bonds. The summed E-state index contributed by atoms with van der Waals surface area (Å²) in [6.07, 6.45) is 21.4. The minimum Gasteiger partial charge on any atom is -0.277 e. The van der Waals surface area contributed by atoms with Crippen LogP contribution in [0.3, 0.4) is 0 Å². The lowest BCUT2D eigenvalue weighted by molar-refractivity contribution is -0.136. The zero-order valence-electron chi connectivity index (χ0n) is 17.3. The quantitative estimate of drug-likeness (QED) is 0.254. The maximum atomic E-state index is 11.6. The van der Waals surface area contributed by atoms with E-state index >= 15 is 0 Å². The second-order valence-corrected chi connectivity index (χ2v) is 7.95. The zero-order chi connectivity index (χ0) is 19.7. The molecule has 0 unspecified atom stereocenters. The molecule has 0 aromatic heterocycles. The van der Waals surface area contributed by atoms with Crippen LogP contribution in [0.2, 0.25) is 0 Å². The molecule has 1 fully saturated rings. The molecule has 5 nitrogen and oxygen atoms in total. The van der Waals surface area contributed by atoms with Crippen molar-refractivity contribution in [2.75, 3.05) is 0 Å². The zero-order valence-corrected chi connectivity index (χ0v) is 17.3. The van der Waals surface area contributed by atoms with E-state index < -0.39 is 23.8 Å². The van der Waals surface area contributed by atoms with Gasteiger partial charge in [0, 0.05) is 0 Å². The summed E-state index contributed by atoms with van der Waals surface area (Å²) in [4.78, 5) is 34.2. The summed E-state index contributed by atoms with van der Waals surface area (Å²) in [6, 6.07) is -0.701. The molecular weight excluding hydrogens is 340 g/mol. The molecule has 0 aromatic rings. The Hall–Kier alpha value is -1.39. The molecular formula is C22H40N2O3. The molecule has 0 bridgehead atoms. The molecule has 1 aliphatic rings. The van der Waals surface area contributed by atoms with Gasteiger partial charge in [-0.25, -0.2) is 4.79 Å². The van der Waals surface area contributed by atoms with E-state index in [1.807, 2.05) is 0 Å². The fraction of sp³-hybridized carbons (Fsp3) is 0.864. The number of carbonyl (C=O) groups excluding carboxylic acids is 3. The third kappa shape index (κ3) is 11.8. The Bertz CT molecular complexity index is 417. The molecule has 5 heteroatoms. The highest BCUT2D eigenvalue weighted by Crippen LogP contribution is 2.16. The topological polar surface area (TPSA) is 75.3 Å². The lowest BCUT2D eigenvalue weighted by Crippen LogP contribution is -2.55. The van der Waals surface area contributed by atoms with Crippen molar-refractivity contribution in [3.05, 3.63) is 0 Å². The number of unbranched alkanes of at least 4 members (excludes halogenated alkanes) is 15. The van der Waals surface area contributed by atoms with E-state index in [4.69, 9.17) is 0 Å². The first kappa shape index (κ1) is 23.6. The summed E-state index contributed by atoms with van der Waals surface area (Å²) in [5, 5.41) is 4.31. The molecule has 1 rings (SSSR count). The van der Waals surface area contributed by atoms with Crippen molar-refractivity contribution in [1.82, 2.24) is 10.6 Å². The van der Waals surface area contributed by atoms with Crippen LogP contribution < -0.4 is 10.6 Å². The van der Waals surface area contributed by atoms with E-state index in [0.717, 1.165) is 19.3 Å². The third-order valence-electron chi connectivity index (χ3n) is 5.45. The lowest BCUT2D eigenvalue weighted by atomic mass is 9.97. The second-order valence-electron chi connectivity index (χ2n) is 7.95. The number of nitrogens with one attached hydrogen (secondary N) is 2. The molecule has 0 spiro atoms. The van der Waals surface area contributed by atoms with Crippen LogP contribution in [0, 0.1) is 5.92 Å². The third-order valence-corrected chi connectivity index (χ3v) is 5.45. The van der Waals surface area contributed by atoms with Gasteiger partial charge in [-0.1, -0.05) is 110 Å². The SMILES string of the molecule is CCCCCCCCCCCCCCCCCCC1C(=O)NC(=O)NC1=O. The predicted molar refractivity (Wildman–Crippen MR) is 109 cm³/mol. The largest absolute Gasteiger partial charge is 0.328 e. The Morgan fingerprint density at radius 3 is 1.26 bits per heavy atom. The molecule has 0 atom stereocenters. The van der Waals surface area contributed by atoms with Crippen molar-refractivity contribution >= 4 is 17.8 Å². The Morgan fingerprint density at radius 2 is 0.889 bits per heavy atom. The molecule has 1 aliphatic heterocycles. The first-order valence-electron chi connectivity index (χ1n) is 11.3. The van der Waals surface area contributed by atoms with E-state index in [-0.39, 0.29) is 0 Å². The second kappa shape index (κ2) is 15.6. The van der Waals surface area contributed by atoms with E-state index in [1.54, 1.807) is 0 Å². The molecule has 1 heterocycles. The van der Waals surface area contributed by atoms with Gasteiger partial charge in [0.15, 0.2) is 0 Å². The number of carbonyl (C=O) groups is 3. The number of hydrogen-bond donors (Lipinski definition) is 2. The average molecular weight is 381 g/mol. The monoisotopic (exact) mass is 380 g/mol. The first-order chi connectivity index (χ1) is 13.1. The van der Waals surface area contributed by atoms with Crippen molar-refractivity contribution in [2.45, 2.75) is 116 Å². The molecule has 156 valence electrons. The Morgan fingerprint density at radius 1 is 0.556 bits per heavy atom. The number of urea groups is 1. The van der Waals surface area contributed by atoms with Crippen molar-refractivity contribution in [2.24, 2.45) is 5.92 Å². The van der Waals surface area contributed by atoms with Crippen molar-refractivity contribution < 1.29 is 14.4 Å². The highest BCUT2D eigenvalue weighted by atomic mass is 16.2. The normalized spacial score (nSPS) is 15.1. The molecule has 0 aromatic carbocycles. The van der Waals surface area contributed by atoms with Gasteiger partial charge in [-0.15, -0.1) is 0 Å². The minimum atomic E-state index is -0.701. The van der Waals surface area contributed by atoms with Crippen molar-refractivity contribution in [3.63, 3.8) is 0 Å². The van der Waals surface area contributed by atoms with Crippen LogP contribution in [0.4, 0.5) is 4.79 Å². The van der Waals surface area contributed by atoms with Gasteiger partial charge in [-0.2, -0.15) is 0 Å². The number of hydrogen-bond acceptors (Lipinski definition) is 3. The Kier molecular flexibility index (Phi) is 13.7. The van der Waals surface area contributed by atoms with Crippen molar-refractivity contribution in [3.8, 4) is 0 Å². The van der Waals surface area contributed by atoms with Gasteiger partial charge in [0.25, 0.3) is 0 Å². The molecule has 0 radical (unpaired) electrons. The molecule has 0 aliphatic carbocycles. The molecule has 1 saturated heterocycles. The minimum absolute atomic E-state index is 0.454. The predicted octanol–water partition coefficient (Wildman–Crippen LogP) is 5.62. The molecule has 0 saturated carbocycles. The number of amides is 4. The summed E-state index contributed by atoms with van der Waals surface area (Å²) >= 11 is 0. The van der Waals surface area contributed by atoms with Crippen LogP contribution in [-0.4, -0.2) is 17.8 Å². The van der Waals surface area contributed by atoms with Crippen LogP contribution in [0.15, 0.2) is 0 Å². The van der Waals surface area contributed by atoms with Crippen LogP contribution in [0.25, 0.3) is 0 Å². The average Bonchev–Trinajstić information content (AvgIpc) is 2.63. The van der Waals surface area contributed by atoms with Crippen LogP contribution in [0.5, 0.6) is 0 Å². The Balaban J connectivity index is 1.81. The molecule has 2 N–H and O–H groups in total. The smallest absolute Gasteiger partial charge is 0.277 e. The fourth-order valence-electron chi connectivity index (χ4n) is 3.71. The summed E-state index contributed by atoms with van der Waals surface area (Å²) in [5.74, 6) is -1.61. The van der Waals surface area contributed by atoms with Gasteiger partial charge in [-0.05, 0) is 6.42 Å². The van der Waals surface area contributed by atoms with Gasteiger partial charge >= 0.3 is 6.03 Å². The van der Waals surface area contributed by atoms with E-state index in [9.17, 15) is 14.4 Å².